The second-order valence-electron chi connectivity index (χ2n) is 5.71. The molecule has 2 heterocycles. The molecule has 0 aliphatic carbocycles. The molecule has 116 valence electrons. The van der Waals surface area contributed by atoms with E-state index in [9.17, 15) is 9.59 Å². The number of fused-ring (bicyclic) bond motifs is 1. The van der Waals surface area contributed by atoms with Gasteiger partial charge in [-0.3, -0.25) is 9.36 Å². The Kier molecular flexibility index (Phi) is 3.83. The Labute approximate surface area is 128 Å². The van der Waals surface area contributed by atoms with E-state index >= 15 is 0 Å². The lowest BCUT2D eigenvalue weighted by Crippen LogP contribution is -2.32. The van der Waals surface area contributed by atoms with Crippen molar-refractivity contribution in [3.05, 3.63) is 34.1 Å². The van der Waals surface area contributed by atoms with Crippen LogP contribution < -0.4 is 10.5 Å². The largest absolute Gasteiger partial charge is 0.478 e. The van der Waals surface area contributed by atoms with Crippen molar-refractivity contribution in [3.63, 3.8) is 0 Å². The van der Waals surface area contributed by atoms with Crippen LogP contribution in [0.5, 0.6) is 0 Å². The van der Waals surface area contributed by atoms with E-state index in [0.29, 0.717) is 16.9 Å². The maximum Gasteiger partial charge on any atom is 0.335 e. The fourth-order valence-corrected chi connectivity index (χ4v) is 2.95. The maximum atomic E-state index is 12.5. The van der Waals surface area contributed by atoms with Crippen molar-refractivity contribution in [3.8, 4) is 0 Å². The lowest BCUT2D eigenvalue weighted by atomic mass is 10.1. The van der Waals surface area contributed by atoms with E-state index in [1.807, 2.05) is 0 Å². The molecule has 0 amide bonds. The van der Waals surface area contributed by atoms with Crippen molar-refractivity contribution in [2.75, 3.05) is 18.0 Å². The minimum Gasteiger partial charge on any atom is -0.478 e. The van der Waals surface area contributed by atoms with E-state index in [1.54, 1.807) is 17.7 Å². The number of carbonyl (C=O) groups is 1. The summed E-state index contributed by atoms with van der Waals surface area (Å²) in [6, 6.07) is 4.46. The van der Waals surface area contributed by atoms with Crippen molar-refractivity contribution in [2.45, 2.75) is 25.7 Å². The smallest absolute Gasteiger partial charge is 0.335 e. The normalized spacial score (nSPS) is 15.8. The lowest BCUT2D eigenvalue weighted by molar-refractivity contribution is 0.0697. The SMILES string of the molecule is Cn1c(N2CCCCCC2)nc2cc(C(=O)O)ccc2c1=O. The zero-order valence-corrected chi connectivity index (χ0v) is 12.6. The Morgan fingerprint density at radius 1 is 1.18 bits per heavy atom. The fraction of sp³-hybridized carbons (Fsp3) is 0.438. The van der Waals surface area contributed by atoms with Crippen molar-refractivity contribution in [2.24, 2.45) is 7.05 Å². The number of rotatable bonds is 2. The van der Waals surface area contributed by atoms with Crippen molar-refractivity contribution >= 4 is 22.8 Å². The number of anilines is 1. The molecule has 1 aromatic carbocycles. The molecule has 6 heteroatoms. The van der Waals surface area contributed by atoms with Crippen LogP contribution in [0.15, 0.2) is 23.0 Å². The molecule has 3 rings (SSSR count). The second kappa shape index (κ2) is 5.79. The van der Waals surface area contributed by atoms with Gasteiger partial charge in [0.1, 0.15) is 0 Å². The summed E-state index contributed by atoms with van der Waals surface area (Å²) in [6.07, 6.45) is 4.56. The molecule has 0 bridgehead atoms. The van der Waals surface area contributed by atoms with Gasteiger partial charge in [-0.15, -0.1) is 0 Å². The minimum absolute atomic E-state index is 0.138. The highest BCUT2D eigenvalue weighted by molar-refractivity contribution is 5.93. The molecule has 22 heavy (non-hydrogen) atoms. The minimum atomic E-state index is -1.01. The number of carboxylic acids is 1. The Bertz CT molecular complexity index is 774. The predicted molar refractivity (Wildman–Crippen MR) is 84.6 cm³/mol. The summed E-state index contributed by atoms with van der Waals surface area (Å²) in [7, 11) is 1.72. The van der Waals surface area contributed by atoms with Gasteiger partial charge in [0.2, 0.25) is 5.95 Å². The summed E-state index contributed by atoms with van der Waals surface area (Å²) in [4.78, 5) is 30.3. The highest BCUT2D eigenvalue weighted by Crippen LogP contribution is 2.19. The van der Waals surface area contributed by atoms with Crippen molar-refractivity contribution < 1.29 is 9.90 Å². The number of aromatic carboxylic acids is 1. The van der Waals surface area contributed by atoms with E-state index in [4.69, 9.17) is 5.11 Å². The summed E-state index contributed by atoms with van der Waals surface area (Å²) >= 11 is 0. The molecule has 1 fully saturated rings. The Morgan fingerprint density at radius 2 is 1.86 bits per heavy atom. The van der Waals surface area contributed by atoms with E-state index in [1.165, 1.54) is 25.0 Å². The molecule has 6 nitrogen and oxygen atoms in total. The van der Waals surface area contributed by atoms with Gasteiger partial charge in [0, 0.05) is 20.1 Å². The maximum absolute atomic E-state index is 12.5. The molecule has 0 unspecified atom stereocenters. The van der Waals surface area contributed by atoms with Crippen molar-refractivity contribution in [1.29, 1.82) is 0 Å². The Morgan fingerprint density at radius 3 is 2.50 bits per heavy atom. The lowest BCUT2D eigenvalue weighted by Gasteiger charge is -2.23. The molecule has 0 spiro atoms. The van der Waals surface area contributed by atoms with Gasteiger partial charge in [-0.2, -0.15) is 0 Å². The van der Waals surface area contributed by atoms with Gasteiger partial charge in [0.15, 0.2) is 0 Å². The highest BCUT2D eigenvalue weighted by Gasteiger charge is 2.17. The topological polar surface area (TPSA) is 75.4 Å². The van der Waals surface area contributed by atoms with E-state index in [-0.39, 0.29) is 11.1 Å². The molecule has 0 saturated carbocycles. The quantitative estimate of drug-likeness (QED) is 0.918. The van der Waals surface area contributed by atoms with Gasteiger partial charge in [-0.1, -0.05) is 12.8 Å². The van der Waals surface area contributed by atoms with E-state index in [0.717, 1.165) is 25.9 Å². The third-order valence-electron chi connectivity index (χ3n) is 4.19. The van der Waals surface area contributed by atoms with Crippen LogP contribution in [0, 0.1) is 0 Å². The molecule has 1 aromatic heterocycles. The average molecular weight is 301 g/mol. The molecule has 1 saturated heterocycles. The fourth-order valence-electron chi connectivity index (χ4n) is 2.95. The van der Waals surface area contributed by atoms with Gasteiger partial charge in [-0.05, 0) is 31.0 Å². The monoisotopic (exact) mass is 301 g/mol. The van der Waals surface area contributed by atoms with Gasteiger partial charge in [0.25, 0.3) is 5.56 Å². The second-order valence-corrected chi connectivity index (χ2v) is 5.71. The first-order valence-corrected chi connectivity index (χ1v) is 7.57. The number of hydrogen-bond donors (Lipinski definition) is 1. The molecule has 0 radical (unpaired) electrons. The summed E-state index contributed by atoms with van der Waals surface area (Å²) in [5, 5.41) is 9.55. The molecular weight excluding hydrogens is 282 g/mol. The third kappa shape index (κ3) is 2.56. The first kappa shape index (κ1) is 14.6. The highest BCUT2D eigenvalue weighted by atomic mass is 16.4. The van der Waals surface area contributed by atoms with E-state index in [2.05, 4.69) is 9.88 Å². The Hall–Kier alpha value is -2.37. The number of benzene rings is 1. The van der Waals surface area contributed by atoms with Gasteiger partial charge < -0.3 is 10.0 Å². The number of carboxylic acid groups (broad SMARTS) is 1. The number of aromatic nitrogens is 2. The summed E-state index contributed by atoms with van der Waals surface area (Å²) in [6.45, 7) is 1.76. The summed E-state index contributed by atoms with van der Waals surface area (Å²) in [5.74, 6) is -0.386. The van der Waals surface area contributed by atoms with Gasteiger partial charge in [0.05, 0.1) is 16.5 Å². The van der Waals surface area contributed by atoms with Crippen LogP contribution in [0.1, 0.15) is 36.0 Å². The predicted octanol–water partition coefficient (Wildman–Crippen LogP) is 2.01. The molecule has 1 N–H and O–H groups in total. The molecule has 0 atom stereocenters. The zero-order valence-electron chi connectivity index (χ0n) is 12.6. The first-order chi connectivity index (χ1) is 10.6. The third-order valence-corrected chi connectivity index (χ3v) is 4.19. The van der Waals surface area contributed by atoms with Crippen LogP contribution in [-0.2, 0) is 7.05 Å². The number of nitrogens with zero attached hydrogens (tertiary/aromatic N) is 3. The molecule has 1 aliphatic heterocycles. The van der Waals surface area contributed by atoms with Crippen LogP contribution in [-0.4, -0.2) is 33.7 Å². The molecule has 2 aromatic rings. The Balaban J connectivity index is 2.15. The van der Waals surface area contributed by atoms with Crippen LogP contribution in [0.25, 0.3) is 10.9 Å². The van der Waals surface area contributed by atoms with Crippen molar-refractivity contribution in [1.82, 2.24) is 9.55 Å². The molecular formula is C16H19N3O3. The number of hydrogen-bond acceptors (Lipinski definition) is 4. The van der Waals surface area contributed by atoms with E-state index < -0.39 is 5.97 Å². The average Bonchev–Trinajstić information content (AvgIpc) is 2.79. The summed E-state index contributed by atoms with van der Waals surface area (Å²) in [5.41, 5.74) is 0.457. The van der Waals surface area contributed by atoms with Crippen LogP contribution in [0.2, 0.25) is 0 Å². The van der Waals surface area contributed by atoms with Crippen LogP contribution in [0.4, 0.5) is 5.95 Å². The first-order valence-electron chi connectivity index (χ1n) is 7.57. The van der Waals surface area contributed by atoms with Crippen LogP contribution >= 0.6 is 0 Å². The summed E-state index contributed by atoms with van der Waals surface area (Å²) < 4.78 is 1.56. The van der Waals surface area contributed by atoms with Gasteiger partial charge >= 0.3 is 5.97 Å². The standard InChI is InChI=1S/C16H19N3O3/c1-18-14(20)12-7-6-11(15(21)22)10-13(12)17-16(18)19-8-4-2-3-5-9-19/h6-7,10H,2-5,8-9H2,1H3,(H,21,22). The van der Waals surface area contributed by atoms with Crippen LogP contribution in [0.3, 0.4) is 0 Å². The zero-order chi connectivity index (χ0) is 15.7. The molecule has 1 aliphatic rings. The van der Waals surface area contributed by atoms with Gasteiger partial charge in [-0.25, -0.2) is 9.78 Å².